The van der Waals surface area contributed by atoms with Gasteiger partial charge in [0, 0.05) is 5.02 Å². The third-order valence-electron chi connectivity index (χ3n) is 3.45. The van der Waals surface area contributed by atoms with Crippen LogP contribution in [0.4, 0.5) is 10.5 Å². The molecule has 0 aromatic heterocycles. The summed E-state index contributed by atoms with van der Waals surface area (Å²) in [5.74, 6) is 0. The van der Waals surface area contributed by atoms with Crippen molar-refractivity contribution in [1.29, 1.82) is 5.26 Å². The van der Waals surface area contributed by atoms with Crippen LogP contribution in [0.2, 0.25) is 10.0 Å². The maximum absolute atomic E-state index is 12.0. The van der Waals surface area contributed by atoms with Gasteiger partial charge < -0.3 is 10.6 Å². The normalized spacial score (nSPS) is 17.1. The first-order valence-electron chi connectivity index (χ1n) is 6.50. The van der Waals surface area contributed by atoms with Crippen molar-refractivity contribution in [3.05, 3.63) is 28.2 Å². The van der Waals surface area contributed by atoms with Gasteiger partial charge in [0.1, 0.15) is 5.54 Å². The van der Waals surface area contributed by atoms with Gasteiger partial charge in [0.05, 0.1) is 16.8 Å². The zero-order valence-corrected chi connectivity index (χ0v) is 12.4. The molecule has 1 aromatic rings. The standard InChI is InChI=1S/C14H15Cl2N3O/c15-10-4-5-11(16)12(8-10)18-13(20)19-14(9-17)6-2-1-3-7-14/h4-5,8H,1-3,6-7H2,(H2,18,19,20). The Hall–Kier alpha value is -1.44. The Morgan fingerprint density at radius 3 is 2.60 bits per heavy atom. The van der Waals surface area contributed by atoms with Gasteiger partial charge in [-0.2, -0.15) is 5.26 Å². The fourth-order valence-corrected chi connectivity index (χ4v) is 2.72. The minimum atomic E-state index is -0.770. The van der Waals surface area contributed by atoms with E-state index in [1.165, 1.54) is 0 Å². The minimum absolute atomic E-state index is 0.402. The van der Waals surface area contributed by atoms with E-state index in [1.54, 1.807) is 18.2 Å². The molecule has 2 amide bonds. The number of anilines is 1. The lowest BCUT2D eigenvalue weighted by Gasteiger charge is -2.31. The van der Waals surface area contributed by atoms with Crippen LogP contribution in [-0.4, -0.2) is 11.6 Å². The maximum atomic E-state index is 12.0. The largest absolute Gasteiger partial charge is 0.320 e. The summed E-state index contributed by atoms with van der Waals surface area (Å²) in [6, 6.07) is 6.62. The first-order valence-corrected chi connectivity index (χ1v) is 7.26. The molecule has 1 saturated carbocycles. The predicted octanol–water partition coefficient (Wildman–Crippen LogP) is 4.34. The van der Waals surface area contributed by atoms with E-state index in [4.69, 9.17) is 23.2 Å². The topological polar surface area (TPSA) is 64.9 Å². The molecule has 0 saturated heterocycles. The lowest BCUT2D eigenvalue weighted by Crippen LogP contribution is -2.50. The highest BCUT2D eigenvalue weighted by Crippen LogP contribution is 2.28. The Balaban J connectivity index is 2.05. The molecular formula is C14H15Cl2N3O. The number of nitriles is 1. The summed E-state index contributed by atoms with van der Waals surface area (Å²) >= 11 is 11.8. The number of hydrogen-bond acceptors (Lipinski definition) is 2. The Morgan fingerprint density at radius 2 is 1.95 bits per heavy atom. The number of hydrogen-bond donors (Lipinski definition) is 2. The van der Waals surface area contributed by atoms with E-state index >= 15 is 0 Å². The molecule has 2 rings (SSSR count). The van der Waals surface area contributed by atoms with Crippen LogP contribution < -0.4 is 10.6 Å². The van der Waals surface area contributed by atoms with Gasteiger partial charge >= 0.3 is 6.03 Å². The first-order chi connectivity index (χ1) is 9.54. The van der Waals surface area contributed by atoms with Crippen molar-refractivity contribution in [1.82, 2.24) is 5.32 Å². The second-order valence-corrected chi connectivity index (χ2v) is 5.80. The average Bonchev–Trinajstić information content (AvgIpc) is 2.44. The molecule has 0 heterocycles. The second kappa shape index (κ2) is 6.34. The predicted molar refractivity (Wildman–Crippen MR) is 80.0 cm³/mol. The number of nitrogens with zero attached hydrogens (tertiary/aromatic N) is 1. The molecule has 106 valence electrons. The molecule has 1 fully saturated rings. The number of rotatable bonds is 2. The SMILES string of the molecule is N#CC1(NC(=O)Nc2cc(Cl)ccc2Cl)CCCCC1. The summed E-state index contributed by atoms with van der Waals surface area (Å²) in [5, 5.41) is 15.6. The molecule has 0 atom stereocenters. The summed E-state index contributed by atoms with van der Waals surface area (Å²) in [5.41, 5.74) is -0.339. The number of amides is 2. The molecule has 4 nitrogen and oxygen atoms in total. The Morgan fingerprint density at radius 1 is 1.25 bits per heavy atom. The molecule has 1 aliphatic rings. The van der Waals surface area contributed by atoms with Gasteiger partial charge in [-0.05, 0) is 31.0 Å². The molecule has 6 heteroatoms. The number of carbonyl (C=O) groups excluding carboxylic acids is 1. The van der Waals surface area contributed by atoms with Crippen LogP contribution in [0.5, 0.6) is 0 Å². The van der Waals surface area contributed by atoms with Crippen molar-refractivity contribution in [2.75, 3.05) is 5.32 Å². The monoisotopic (exact) mass is 311 g/mol. The Labute approximate surface area is 128 Å². The smallest absolute Gasteiger partial charge is 0.319 e. The van der Waals surface area contributed by atoms with Crippen LogP contribution >= 0.6 is 23.2 Å². The summed E-state index contributed by atoms with van der Waals surface area (Å²) < 4.78 is 0. The molecular weight excluding hydrogens is 297 g/mol. The highest BCUT2D eigenvalue weighted by atomic mass is 35.5. The van der Waals surface area contributed by atoms with Crippen LogP contribution in [0, 0.1) is 11.3 Å². The van der Waals surface area contributed by atoms with Crippen LogP contribution in [0.3, 0.4) is 0 Å². The first kappa shape index (κ1) is 15.0. The van der Waals surface area contributed by atoms with Gasteiger partial charge in [-0.25, -0.2) is 4.79 Å². The van der Waals surface area contributed by atoms with Gasteiger partial charge in [-0.1, -0.05) is 42.5 Å². The molecule has 0 spiro atoms. The average molecular weight is 312 g/mol. The quantitative estimate of drug-likeness (QED) is 0.853. The lowest BCUT2D eigenvalue weighted by molar-refractivity contribution is 0.233. The summed E-state index contributed by atoms with van der Waals surface area (Å²) in [4.78, 5) is 12.0. The van der Waals surface area contributed by atoms with Crippen LogP contribution in [0.25, 0.3) is 0 Å². The van der Waals surface area contributed by atoms with Gasteiger partial charge in [0.2, 0.25) is 0 Å². The molecule has 1 aliphatic carbocycles. The van der Waals surface area contributed by atoms with Crippen molar-refractivity contribution in [3.63, 3.8) is 0 Å². The molecule has 0 bridgehead atoms. The van der Waals surface area contributed by atoms with Crippen molar-refractivity contribution in [2.24, 2.45) is 0 Å². The number of benzene rings is 1. The van der Waals surface area contributed by atoms with Gasteiger partial charge in [-0.3, -0.25) is 0 Å². The van der Waals surface area contributed by atoms with Crippen molar-refractivity contribution >= 4 is 34.9 Å². The molecule has 0 unspecified atom stereocenters. The van der Waals surface area contributed by atoms with E-state index in [1.807, 2.05) is 0 Å². The van der Waals surface area contributed by atoms with E-state index < -0.39 is 11.6 Å². The highest BCUT2D eigenvalue weighted by molar-refractivity contribution is 6.35. The van der Waals surface area contributed by atoms with Gasteiger partial charge in [0.25, 0.3) is 0 Å². The second-order valence-electron chi connectivity index (χ2n) is 4.96. The van der Waals surface area contributed by atoms with Crippen LogP contribution in [0.15, 0.2) is 18.2 Å². The minimum Gasteiger partial charge on any atom is -0.319 e. The third-order valence-corrected chi connectivity index (χ3v) is 4.02. The summed E-state index contributed by atoms with van der Waals surface area (Å²) in [6.07, 6.45) is 4.37. The molecule has 20 heavy (non-hydrogen) atoms. The Bertz CT molecular complexity index is 548. The van der Waals surface area contributed by atoms with E-state index in [9.17, 15) is 10.1 Å². The van der Waals surface area contributed by atoms with Crippen LogP contribution in [-0.2, 0) is 0 Å². The number of nitrogens with one attached hydrogen (secondary N) is 2. The number of carbonyl (C=O) groups is 1. The highest BCUT2D eigenvalue weighted by Gasteiger charge is 2.33. The maximum Gasteiger partial charge on any atom is 0.320 e. The third kappa shape index (κ3) is 3.56. The summed E-state index contributed by atoms with van der Waals surface area (Å²) in [7, 11) is 0. The van der Waals surface area contributed by atoms with Crippen molar-refractivity contribution in [2.45, 2.75) is 37.6 Å². The van der Waals surface area contributed by atoms with E-state index in [-0.39, 0.29) is 0 Å². The molecule has 1 aromatic carbocycles. The van der Waals surface area contributed by atoms with Gasteiger partial charge in [-0.15, -0.1) is 0 Å². The van der Waals surface area contributed by atoms with Crippen molar-refractivity contribution in [3.8, 4) is 6.07 Å². The fraction of sp³-hybridized carbons (Fsp3) is 0.429. The fourth-order valence-electron chi connectivity index (χ4n) is 2.38. The molecule has 0 aliphatic heterocycles. The van der Waals surface area contributed by atoms with Crippen LogP contribution in [0.1, 0.15) is 32.1 Å². The van der Waals surface area contributed by atoms with Crippen molar-refractivity contribution < 1.29 is 4.79 Å². The van der Waals surface area contributed by atoms with E-state index in [0.29, 0.717) is 28.6 Å². The zero-order chi connectivity index (χ0) is 14.6. The van der Waals surface area contributed by atoms with E-state index in [0.717, 1.165) is 19.3 Å². The van der Waals surface area contributed by atoms with Gasteiger partial charge in [0.15, 0.2) is 0 Å². The number of urea groups is 1. The number of halogens is 2. The lowest BCUT2D eigenvalue weighted by atomic mass is 9.83. The van der Waals surface area contributed by atoms with E-state index in [2.05, 4.69) is 16.7 Å². The summed E-state index contributed by atoms with van der Waals surface area (Å²) in [6.45, 7) is 0. The zero-order valence-electron chi connectivity index (χ0n) is 10.9. The molecule has 2 N–H and O–H groups in total. The molecule has 0 radical (unpaired) electrons. The Kier molecular flexibility index (Phi) is 4.74.